The molecular weight excluding hydrogens is 507 g/mol. The van der Waals surface area contributed by atoms with Crippen molar-refractivity contribution in [3.8, 4) is 11.5 Å². The van der Waals surface area contributed by atoms with E-state index in [4.69, 9.17) is 14.2 Å². The van der Waals surface area contributed by atoms with Gasteiger partial charge in [0.2, 0.25) is 0 Å². The van der Waals surface area contributed by atoms with E-state index in [2.05, 4.69) is 32.7 Å². The Hall–Kier alpha value is -2.20. The van der Waals surface area contributed by atoms with Crippen LogP contribution in [-0.2, 0) is 11.3 Å². The first-order valence-electron chi connectivity index (χ1n) is 10.3. The van der Waals surface area contributed by atoms with E-state index in [9.17, 15) is 0 Å². The number of nitrogens with one attached hydrogen (secondary N) is 2. The topological polar surface area (TPSA) is 67.4 Å². The van der Waals surface area contributed by atoms with Crippen molar-refractivity contribution in [2.45, 2.75) is 19.1 Å². The van der Waals surface area contributed by atoms with Crippen LogP contribution < -0.4 is 25.0 Å². The van der Waals surface area contributed by atoms with Crippen LogP contribution in [0.1, 0.15) is 12.0 Å². The first-order valence-corrected chi connectivity index (χ1v) is 10.3. The van der Waals surface area contributed by atoms with Gasteiger partial charge in [-0.3, -0.25) is 4.99 Å². The van der Waals surface area contributed by atoms with Crippen LogP contribution in [0.15, 0.2) is 53.5 Å². The van der Waals surface area contributed by atoms with E-state index < -0.39 is 0 Å². The monoisotopic (exact) mass is 540 g/mol. The summed E-state index contributed by atoms with van der Waals surface area (Å²) >= 11 is 0. The first-order chi connectivity index (χ1) is 14.7. The molecule has 170 valence electrons. The maximum absolute atomic E-state index is 5.73. The molecule has 3 rings (SSSR count). The summed E-state index contributed by atoms with van der Waals surface area (Å²) in [5.41, 5.74) is 2.29. The number of hydrogen-bond acceptors (Lipinski definition) is 5. The predicted octanol–water partition coefficient (Wildman–Crippen LogP) is 3.28. The van der Waals surface area contributed by atoms with Crippen molar-refractivity contribution >= 4 is 35.6 Å². The molecule has 0 radical (unpaired) electrons. The maximum Gasteiger partial charge on any atom is 0.191 e. The summed E-state index contributed by atoms with van der Waals surface area (Å²) in [5.74, 6) is 2.40. The Morgan fingerprint density at radius 2 is 1.81 bits per heavy atom. The molecule has 1 aliphatic heterocycles. The van der Waals surface area contributed by atoms with Crippen LogP contribution in [0.2, 0.25) is 0 Å². The third-order valence-electron chi connectivity index (χ3n) is 5.10. The Labute approximate surface area is 202 Å². The number of anilines is 1. The van der Waals surface area contributed by atoms with Gasteiger partial charge in [-0.05, 0) is 12.0 Å². The smallest absolute Gasteiger partial charge is 0.191 e. The van der Waals surface area contributed by atoms with Gasteiger partial charge in [0.25, 0.3) is 0 Å². The van der Waals surface area contributed by atoms with Crippen LogP contribution in [-0.4, -0.2) is 59.5 Å². The lowest BCUT2D eigenvalue weighted by Gasteiger charge is -2.21. The molecule has 1 saturated heterocycles. The number of ether oxygens (including phenoxy) is 3. The molecule has 31 heavy (non-hydrogen) atoms. The number of guanidine groups is 1. The summed E-state index contributed by atoms with van der Waals surface area (Å²) in [6, 6.07) is 16.5. The van der Waals surface area contributed by atoms with Crippen molar-refractivity contribution < 1.29 is 14.2 Å². The lowest BCUT2D eigenvalue weighted by Crippen LogP contribution is -2.45. The van der Waals surface area contributed by atoms with E-state index >= 15 is 0 Å². The molecule has 1 fully saturated rings. The fourth-order valence-corrected chi connectivity index (χ4v) is 3.48. The molecule has 0 aromatic heterocycles. The minimum absolute atomic E-state index is 0. The molecule has 0 amide bonds. The van der Waals surface area contributed by atoms with E-state index in [1.165, 1.54) is 5.56 Å². The largest absolute Gasteiger partial charge is 0.497 e. The quantitative estimate of drug-likeness (QED) is 0.220. The molecule has 1 heterocycles. The zero-order valence-electron chi connectivity index (χ0n) is 18.5. The zero-order chi connectivity index (χ0) is 21.2. The van der Waals surface area contributed by atoms with Gasteiger partial charge >= 0.3 is 0 Å². The van der Waals surface area contributed by atoms with Gasteiger partial charge in [-0.1, -0.05) is 30.3 Å². The summed E-state index contributed by atoms with van der Waals surface area (Å²) in [6.07, 6.45) is 1.03. The standard InChI is InChI=1S/C23H32N4O3.HI/c1-24-23(25-10-12-30-17-18-7-5-4-6-8-18)26-19-9-11-27(16-19)20-13-21(28-2)15-22(14-20)29-3;/h4-8,13-15,19H,9-12,16-17H2,1-3H3,(H2,24,25,26);1H. The van der Waals surface area contributed by atoms with E-state index in [0.29, 0.717) is 25.8 Å². The molecule has 2 aromatic rings. The average Bonchev–Trinajstić information content (AvgIpc) is 3.27. The molecule has 2 aromatic carbocycles. The van der Waals surface area contributed by atoms with Crippen LogP contribution in [0, 0.1) is 0 Å². The van der Waals surface area contributed by atoms with Crippen molar-refractivity contribution in [1.29, 1.82) is 0 Å². The van der Waals surface area contributed by atoms with Crippen molar-refractivity contribution in [2.24, 2.45) is 4.99 Å². The fraction of sp³-hybridized carbons (Fsp3) is 0.435. The number of aliphatic imine (C=N–C) groups is 1. The van der Waals surface area contributed by atoms with Crippen molar-refractivity contribution in [1.82, 2.24) is 10.6 Å². The highest BCUT2D eigenvalue weighted by Gasteiger charge is 2.24. The number of benzene rings is 2. The fourth-order valence-electron chi connectivity index (χ4n) is 3.48. The van der Waals surface area contributed by atoms with Gasteiger partial charge < -0.3 is 29.7 Å². The number of nitrogens with zero attached hydrogens (tertiary/aromatic N) is 2. The van der Waals surface area contributed by atoms with Gasteiger partial charge in [0.1, 0.15) is 11.5 Å². The highest BCUT2D eigenvalue weighted by Crippen LogP contribution is 2.30. The van der Waals surface area contributed by atoms with E-state index in [1.54, 1.807) is 21.3 Å². The van der Waals surface area contributed by atoms with Gasteiger partial charge in [-0.15, -0.1) is 24.0 Å². The SMILES string of the molecule is CN=C(NCCOCc1ccccc1)NC1CCN(c2cc(OC)cc(OC)c2)C1.I. The molecule has 1 atom stereocenters. The minimum atomic E-state index is 0. The average molecular weight is 540 g/mol. The van der Waals surface area contributed by atoms with E-state index in [1.807, 2.05) is 36.4 Å². The van der Waals surface area contributed by atoms with Gasteiger partial charge in [0.05, 0.1) is 27.4 Å². The summed E-state index contributed by atoms with van der Waals surface area (Å²) in [4.78, 5) is 6.67. The normalized spacial score (nSPS) is 15.9. The van der Waals surface area contributed by atoms with Gasteiger partial charge in [-0.2, -0.15) is 0 Å². The van der Waals surface area contributed by atoms with Crippen LogP contribution in [0.4, 0.5) is 5.69 Å². The Morgan fingerprint density at radius 3 is 2.45 bits per heavy atom. The highest BCUT2D eigenvalue weighted by atomic mass is 127. The number of hydrogen-bond donors (Lipinski definition) is 2. The number of methoxy groups -OCH3 is 2. The van der Waals surface area contributed by atoms with Crippen molar-refractivity contribution in [3.63, 3.8) is 0 Å². The second-order valence-corrected chi connectivity index (χ2v) is 7.18. The third kappa shape index (κ3) is 7.77. The zero-order valence-corrected chi connectivity index (χ0v) is 20.8. The highest BCUT2D eigenvalue weighted by molar-refractivity contribution is 14.0. The third-order valence-corrected chi connectivity index (χ3v) is 5.10. The molecule has 0 bridgehead atoms. The van der Waals surface area contributed by atoms with Gasteiger partial charge in [0.15, 0.2) is 5.96 Å². The van der Waals surface area contributed by atoms with Gasteiger partial charge in [0, 0.05) is 56.6 Å². The van der Waals surface area contributed by atoms with Gasteiger partial charge in [-0.25, -0.2) is 0 Å². The molecule has 0 saturated carbocycles. The number of rotatable bonds is 9. The van der Waals surface area contributed by atoms with Crippen molar-refractivity contribution in [3.05, 3.63) is 54.1 Å². The van der Waals surface area contributed by atoms with Crippen LogP contribution in [0.5, 0.6) is 11.5 Å². The molecular formula is C23H33IN4O3. The van der Waals surface area contributed by atoms with E-state index in [-0.39, 0.29) is 24.0 Å². The molecule has 1 unspecified atom stereocenters. The predicted molar refractivity (Wildman–Crippen MR) is 136 cm³/mol. The van der Waals surface area contributed by atoms with Crippen LogP contribution in [0.3, 0.4) is 0 Å². The summed E-state index contributed by atoms with van der Waals surface area (Å²) in [5, 5.41) is 6.84. The van der Waals surface area contributed by atoms with Crippen LogP contribution >= 0.6 is 24.0 Å². The molecule has 1 aliphatic rings. The maximum atomic E-state index is 5.73. The molecule has 0 spiro atoms. The molecule has 8 heteroatoms. The lowest BCUT2D eigenvalue weighted by molar-refractivity contribution is 0.125. The first kappa shape index (κ1) is 25.1. The van der Waals surface area contributed by atoms with Crippen LogP contribution in [0.25, 0.3) is 0 Å². The summed E-state index contributed by atoms with van der Waals surface area (Å²) < 4.78 is 16.5. The molecule has 7 nitrogen and oxygen atoms in total. The Kier molecular flexibility index (Phi) is 10.7. The second kappa shape index (κ2) is 13.3. The summed E-state index contributed by atoms with van der Waals surface area (Å²) in [7, 11) is 5.14. The Morgan fingerprint density at radius 1 is 1.10 bits per heavy atom. The molecule has 0 aliphatic carbocycles. The Balaban J connectivity index is 0.00000341. The second-order valence-electron chi connectivity index (χ2n) is 7.18. The Bertz CT molecular complexity index is 797. The summed E-state index contributed by atoms with van der Waals surface area (Å²) in [6.45, 7) is 3.80. The van der Waals surface area contributed by atoms with E-state index in [0.717, 1.165) is 42.7 Å². The van der Waals surface area contributed by atoms with Crippen molar-refractivity contribution in [2.75, 3.05) is 52.4 Å². The number of halogens is 1. The minimum Gasteiger partial charge on any atom is -0.497 e. The molecule has 2 N–H and O–H groups in total. The lowest BCUT2D eigenvalue weighted by atomic mass is 10.2.